The summed E-state index contributed by atoms with van der Waals surface area (Å²) in [6.07, 6.45) is 0. The first-order valence-electron chi connectivity index (χ1n) is 8.88. The lowest BCUT2D eigenvalue weighted by Crippen LogP contribution is -2.39. The van der Waals surface area contributed by atoms with Crippen LogP contribution in [0.4, 0.5) is 23.2 Å². The third-order valence-corrected chi connectivity index (χ3v) is 4.18. The highest BCUT2D eigenvalue weighted by Crippen LogP contribution is 2.30. The summed E-state index contributed by atoms with van der Waals surface area (Å²) in [5, 5.41) is 2.36. The number of ether oxygens (including phenoxy) is 2. The smallest absolute Gasteiger partial charge is 0.387 e. The lowest BCUT2D eigenvalue weighted by molar-refractivity contribution is -0.120. The summed E-state index contributed by atoms with van der Waals surface area (Å²) in [5.41, 5.74) is 0.441. The number of hydrogen-bond donors (Lipinski definition) is 1. The lowest BCUT2D eigenvalue weighted by Gasteiger charge is -2.24. The molecular weight excluding hydrogens is 392 g/mol. The molecule has 158 valence electrons. The fourth-order valence-corrected chi connectivity index (χ4v) is 2.57. The number of halogens is 4. The molecule has 9 heteroatoms. The Morgan fingerprint density at radius 3 is 2.52 bits per heavy atom. The minimum Gasteiger partial charge on any atom is -0.490 e. The molecule has 1 unspecified atom stereocenters. The Labute approximate surface area is 166 Å². The average molecular weight is 414 g/mol. The zero-order chi connectivity index (χ0) is 21.6. The SMILES string of the molecule is CCOc1cc(CN(C)C(C)C(=O)Nc2cc(F)ccc2F)ccc1OC(F)F. The minimum absolute atomic E-state index is 0.0828. The van der Waals surface area contributed by atoms with E-state index in [4.69, 9.17) is 4.74 Å². The van der Waals surface area contributed by atoms with E-state index in [1.807, 2.05) is 0 Å². The maximum absolute atomic E-state index is 13.7. The van der Waals surface area contributed by atoms with Crippen molar-refractivity contribution < 1.29 is 31.8 Å². The van der Waals surface area contributed by atoms with E-state index in [0.717, 1.165) is 18.2 Å². The molecule has 0 fully saturated rings. The highest BCUT2D eigenvalue weighted by atomic mass is 19.3. The Morgan fingerprint density at radius 2 is 1.86 bits per heavy atom. The summed E-state index contributed by atoms with van der Waals surface area (Å²) in [6, 6.07) is 6.59. The molecule has 1 N–H and O–H groups in total. The van der Waals surface area contributed by atoms with Crippen LogP contribution in [0.3, 0.4) is 0 Å². The van der Waals surface area contributed by atoms with Crippen molar-refractivity contribution in [3.8, 4) is 11.5 Å². The molecule has 0 aliphatic carbocycles. The number of carbonyl (C=O) groups excluding carboxylic acids is 1. The number of amides is 1. The number of likely N-dealkylation sites (N-methyl/N-ethyl adjacent to an activating group) is 1. The highest BCUT2D eigenvalue weighted by Gasteiger charge is 2.20. The van der Waals surface area contributed by atoms with Crippen molar-refractivity contribution in [2.24, 2.45) is 0 Å². The molecule has 0 saturated carbocycles. The molecule has 5 nitrogen and oxygen atoms in total. The van der Waals surface area contributed by atoms with Crippen molar-refractivity contribution in [1.82, 2.24) is 4.90 Å². The van der Waals surface area contributed by atoms with Gasteiger partial charge < -0.3 is 14.8 Å². The zero-order valence-corrected chi connectivity index (χ0v) is 16.2. The topological polar surface area (TPSA) is 50.8 Å². The van der Waals surface area contributed by atoms with E-state index in [-0.39, 0.29) is 30.3 Å². The summed E-state index contributed by atoms with van der Waals surface area (Å²) >= 11 is 0. The molecule has 0 aromatic heterocycles. The molecule has 29 heavy (non-hydrogen) atoms. The summed E-state index contributed by atoms with van der Waals surface area (Å²) in [6.45, 7) is 0.869. The van der Waals surface area contributed by atoms with E-state index < -0.39 is 30.2 Å². The quantitative estimate of drug-likeness (QED) is 0.617. The summed E-state index contributed by atoms with van der Waals surface area (Å²) in [5.74, 6) is -1.86. The monoisotopic (exact) mass is 414 g/mol. The van der Waals surface area contributed by atoms with Gasteiger partial charge in [-0.3, -0.25) is 9.69 Å². The number of hydrogen-bond acceptors (Lipinski definition) is 4. The van der Waals surface area contributed by atoms with Crippen LogP contribution in [-0.4, -0.2) is 37.1 Å². The van der Waals surface area contributed by atoms with Gasteiger partial charge in [0.25, 0.3) is 0 Å². The number of alkyl halides is 2. The summed E-state index contributed by atoms with van der Waals surface area (Å²) in [7, 11) is 1.66. The van der Waals surface area contributed by atoms with E-state index in [0.29, 0.717) is 5.56 Å². The number of rotatable bonds is 9. The van der Waals surface area contributed by atoms with Crippen LogP contribution in [0.2, 0.25) is 0 Å². The molecule has 0 heterocycles. The van der Waals surface area contributed by atoms with Gasteiger partial charge in [0.1, 0.15) is 11.6 Å². The molecule has 2 rings (SSSR count). The molecule has 0 radical (unpaired) electrons. The number of nitrogens with zero attached hydrogens (tertiary/aromatic N) is 1. The van der Waals surface area contributed by atoms with Crippen molar-refractivity contribution in [1.29, 1.82) is 0 Å². The first kappa shape index (κ1) is 22.5. The molecule has 0 bridgehead atoms. The number of carbonyl (C=O) groups is 1. The second-order valence-electron chi connectivity index (χ2n) is 6.30. The third-order valence-electron chi connectivity index (χ3n) is 4.18. The molecule has 0 spiro atoms. The predicted octanol–water partition coefficient (Wildman–Crippen LogP) is 4.42. The Hall–Kier alpha value is -2.81. The third kappa shape index (κ3) is 6.35. The molecule has 1 amide bonds. The van der Waals surface area contributed by atoms with E-state index in [2.05, 4.69) is 10.1 Å². The van der Waals surface area contributed by atoms with Gasteiger partial charge in [0.05, 0.1) is 18.3 Å². The maximum atomic E-state index is 13.7. The maximum Gasteiger partial charge on any atom is 0.387 e. The van der Waals surface area contributed by atoms with Gasteiger partial charge in [-0.1, -0.05) is 6.07 Å². The summed E-state index contributed by atoms with van der Waals surface area (Å²) in [4.78, 5) is 14.0. The number of benzene rings is 2. The van der Waals surface area contributed by atoms with Gasteiger partial charge in [0, 0.05) is 12.6 Å². The average Bonchev–Trinajstić information content (AvgIpc) is 2.66. The van der Waals surface area contributed by atoms with Crippen molar-refractivity contribution in [2.45, 2.75) is 33.0 Å². The highest BCUT2D eigenvalue weighted by molar-refractivity contribution is 5.94. The van der Waals surface area contributed by atoms with Crippen molar-refractivity contribution in [3.05, 3.63) is 53.6 Å². The Balaban J connectivity index is 2.07. The largest absolute Gasteiger partial charge is 0.490 e. The van der Waals surface area contributed by atoms with Gasteiger partial charge >= 0.3 is 6.61 Å². The Bertz CT molecular complexity index is 848. The Morgan fingerprint density at radius 1 is 1.14 bits per heavy atom. The van der Waals surface area contributed by atoms with Crippen LogP contribution in [0.5, 0.6) is 11.5 Å². The molecule has 1 atom stereocenters. The molecule has 2 aromatic rings. The van der Waals surface area contributed by atoms with E-state index >= 15 is 0 Å². The van der Waals surface area contributed by atoms with Crippen LogP contribution < -0.4 is 14.8 Å². The van der Waals surface area contributed by atoms with Gasteiger partial charge in [0.15, 0.2) is 11.5 Å². The molecule has 2 aromatic carbocycles. The van der Waals surface area contributed by atoms with Crippen LogP contribution in [0, 0.1) is 11.6 Å². The van der Waals surface area contributed by atoms with Gasteiger partial charge in [-0.2, -0.15) is 8.78 Å². The van der Waals surface area contributed by atoms with Crippen LogP contribution in [0.25, 0.3) is 0 Å². The van der Waals surface area contributed by atoms with Gasteiger partial charge in [-0.05, 0) is 50.7 Å². The predicted molar refractivity (Wildman–Crippen MR) is 100 cm³/mol. The molecular formula is C20H22F4N2O3. The Kier molecular flexibility index (Phi) is 7.83. The second-order valence-corrected chi connectivity index (χ2v) is 6.30. The molecule has 0 aliphatic rings. The van der Waals surface area contributed by atoms with Crippen LogP contribution in [0.1, 0.15) is 19.4 Å². The van der Waals surface area contributed by atoms with E-state index in [1.165, 1.54) is 6.07 Å². The standard InChI is InChI=1S/C20H22F4N2O3/c1-4-28-18-9-13(5-8-17(18)29-20(23)24)11-26(3)12(2)19(27)25-16-10-14(21)6-7-15(16)22/h5-10,12,20H,4,11H2,1-3H3,(H,25,27). The van der Waals surface area contributed by atoms with Crippen LogP contribution in [-0.2, 0) is 11.3 Å². The van der Waals surface area contributed by atoms with E-state index in [1.54, 1.807) is 37.9 Å². The fourth-order valence-electron chi connectivity index (χ4n) is 2.57. The molecule has 0 saturated heterocycles. The van der Waals surface area contributed by atoms with Gasteiger partial charge in [0.2, 0.25) is 5.91 Å². The van der Waals surface area contributed by atoms with Crippen LogP contribution >= 0.6 is 0 Å². The fraction of sp³-hybridized carbons (Fsp3) is 0.350. The van der Waals surface area contributed by atoms with Crippen molar-refractivity contribution in [2.75, 3.05) is 19.0 Å². The first-order chi connectivity index (χ1) is 13.7. The van der Waals surface area contributed by atoms with Gasteiger partial charge in [-0.15, -0.1) is 0 Å². The normalized spacial score (nSPS) is 12.2. The van der Waals surface area contributed by atoms with Crippen molar-refractivity contribution >= 4 is 11.6 Å². The van der Waals surface area contributed by atoms with E-state index in [9.17, 15) is 22.4 Å². The number of anilines is 1. The van der Waals surface area contributed by atoms with Crippen LogP contribution in [0.15, 0.2) is 36.4 Å². The second kappa shape index (κ2) is 10.1. The van der Waals surface area contributed by atoms with Gasteiger partial charge in [-0.25, -0.2) is 8.78 Å². The lowest BCUT2D eigenvalue weighted by atomic mass is 10.1. The van der Waals surface area contributed by atoms with Crippen molar-refractivity contribution in [3.63, 3.8) is 0 Å². The first-order valence-corrected chi connectivity index (χ1v) is 8.88. The summed E-state index contributed by atoms with van der Waals surface area (Å²) < 4.78 is 61.7. The minimum atomic E-state index is -2.98. The number of nitrogens with one attached hydrogen (secondary N) is 1. The molecule has 0 aliphatic heterocycles. The zero-order valence-electron chi connectivity index (χ0n) is 16.2.